The molecule has 0 amide bonds. The molecule has 242 valence electrons. The fraction of sp³-hybridized carbons (Fsp3) is 0.529. The Morgan fingerprint density at radius 1 is 0.913 bits per heavy atom. The number of ether oxygens (including phenoxy) is 6. The Morgan fingerprint density at radius 2 is 1.57 bits per heavy atom. The van der Waals surface area contributed by atoms with Gasteiger partial charge in [-0.2, -0.15) is 0 Å². The topological polar surface area (TPSA) is 164 Å². The minimum atomic E-state index is -2.46. The molecule has 12 atom stereocenters. The molecule has 0 bridgehead atoms. The number of aliphatic hydroxyl groups excluding tert-OH is 1. The monoisotopic (exact) mass is 634 g/mol. The van der Waals surface area contributed by atoms with Crippen molar-refractivity contribution in [1.82, 2.24) is 0 Å². The van der Waals surface area contributed by atoms with Crippen molar-refractivity contribution < 1.29 is 57.8 Å². The second kappa shape index (κ2) is 9.15. The van der Waals surface area contributed by atoms with Crippen LogP contribution in [0.3, 0.4) is 0 Å². The molecule has 46 heavy (non-hydrogen) atoms. The fourth-order valence-electron chi connectivity index (χ4n) is 10.1. The van der Waals surface area contributed by atoms with Crippen molar-refractivity contribution in [2.24, 2.45) is 28.1 Å². The Hall–Kier alpha value is -3.84. The minimum Gasteiger partial charge on any atom is -0.456 e. The summed E-state index contributed by atoms with van der Waals surface area (Å²) in [5.74, 6) is -5.88. The van der Waals surface area contributed by atoms with Crippen LogP contribution < -0.4 is 0 Å². The summed E-state index contributed by atoms with van der Waals surface area (Å²) in [6, 6.07) is 17.1. The van der Waals surface area contributed by atoms with E-state index in [1.165, 1.54) is 19.1 Å². The van der Waals surface area contributed by atoms with Crippen LogP contribution in [0.2, 0.25) is 0 Å². The molecule has 8 rings (SSSR count). The molecule has 2 aromatic rings. The van der Waals surface area contributed by atoms with E-state index in [0.717, 1.165) is 5.56 Å². The van der Waals surface area contributed by atoms with E-state index in [2.05, 4.69) is 0 Å². The van der Waals surface area contributed by atoms with E-state index in [4.69, 9.17) is 28.4 Å². The van der Waals surface area contributed by atoms with E-state index in [-0.39, 0.29) is 12.2 Å². The highest BCUT2D eigenvalue weighted by atomic mass is 16.8. The second-order valence-electron chi connectivity index (χ2n) is 14.3. The van der Waals surface area contributed by atoms with E-state index in [0.29, 0.717) is 0 Å². The van der Waals surface area contributed by atoms with Crippen molar-refractivity contribution >= 4 is 23.9 Å². The van der Waals surface area contributed by atoms with Crippen LogP contribution in [-0.2, 0) is 49.4 Å². The Balaban J connectivity index is 1.40. The molecule has 4 saturated heterocycles. The van der Waals surface area contributed by atoms with Gasteiger partial charge in [0.2, 0.25) is 11.9 Å². The summed E-state index contributed by atoms with van der Waals surface area (Å²) in [6.07, 6.45) is -9.22. The summed E-state index contributed by atoms with van der Waals surface area (Å²) in [6.45, 7) is 6.88. The molecule has 6 aliphatic rings. The maximum Gasteiger partial charge on any atom is 0.343 e. The molecule has 12 nitrogen and oxygen atoms in total. The third-order valence-corrected chi connectivity index (χ3v) is 11.4. The zero-order valence-electron chi connectivity index (χ0n) is 25.6. The van der Waals surface area contributed by atoms with Gasteiger partial charge in [0.05, 0.1) is 29.6 Å². The quantitative estimate of drug-likeness (QED) is 0.362. The van der Waals surface area contributed by atoms with E-state index >= 15 is 0 Å². The maximum atomic E-state index is 14.3. The molecule has 2 saturated carbocycles. The van der Waals surface area contributed by atoms with Crippen LogP contribution >= 0.6 is 0 Å². The molecule has 4 heterocycles. The lowest BCUT2D eigenvalue weighted by Crippen LogP contribution is -2.67. The standard InChI is InChI=1S/C34H34O12/c1-16-25(36)43-23-22(42-26(37)18-13-9-6-10-14-18)32-21-19(35)20(30(2,3)4)31(32)24(41-15-17-11-7-5-8-12-17)27(38)45-29(31)46-34(32,28(39)44-21)33(16,23)40/h5-14,16,19-24,29,35,40H,15H2,1-4H3/t16-,19-,20+,21?,22+,23?,24+,29?,31?,32?,33-,34?/m1/s1. The number of hydrogen-bond donors (Lipinski definition) is 2. The smallest absolute Gasteiger partial charge is 0.343 e. The molecule has 0 radical (unpaired) electrons. The van der Waals surface area contributed by atoms with Gasteiger partial charge in [0.1, 0.15) is 11.5 Å². The Labute approximate surface area is 263 Å². The lowest BCUT2D eigenvalue weighted by Gasteiger charge is -2.48. The van der Waals surface area contributed by atoms with Crippen molar-refractivity contribution in [3.63, 3.8) is 0 Å². The highest BCUT2D eigenvalue weighted by Crippen LogP contribution is 2.85. The molecular formula is C34H34O12. The van der Waals surface area contributed by atoms with Gasteiger partial charge in [-0.05, 0) is 30.0 Å². The van der Waals surface area contributed by atoms with Gasteiger partial charge in [0.25, 0.3) is 0 Å². The predicted octanol–water partition coefficient (Wildman–Crippen LogP) is 1.69. The first-order valence-electron chi connectivity index (χ1n) is 15.4. The van der Waals surface area contributed by atoms with Crippen molar-refractivity contribution in [1.29, 1.82) is 0 Å². The summed E-state index contributed by atoms with van der Waals surface area (Å²) < 4.78 is 36.9. The number of hydrogen-bond acceptors (Lipinski definition) is 12. The van der Waals surface area contributed by atoms with Gasteiger partial charge in [-0.25, -0.2) is 14.4 Å². The van der Waals surface area contributed by atoms with Crippen molar-refractivity contribution in [2.75, 3.05) is 0 Å². The number of rotatable bonds is 5. The largest absolute Gasteiger partial charge is 0.456 e. The number of fused-ring (bicyclic) bond motifs is 1. The van der Waals surface area contributed by atoms with Gasteiger partial charge in [-0.1, -0.05) is 69.3 Å². The molecule has 0 aromatic heterocycles. The molecular weight excluding hydrogens is 600 g/mol. The van der Waals surface area contributed by atoms with Crippen LogP contribution in [0.1, 0.15) is 43.6 Å². The lowest BCUT2D eigenvalue weighted by molar-refractivity contribution is -0.240. The number of esters is 4. The molecule has 2 N–H and O–H groups in total. The molecule has 2 aromatic carbocycles. The molecule has 6 unspecified atom stereocenters. The number of benzene rings is 2. The van der Waals surface area contributed by atoms with Crippen molar-refractivity contribution in [2.45, 2.75) is 82.3 Å². The SMILES string of the molecule is C[C@@H]1C(=O)OC2[C@H](OC(=O)c3ccccc3)C34C5OC(=O)C3(OC3OC(=O)[C@H](OCc6ccccc6)C34[C@H](C(C)(C)C)[C@H]5O)[C@]21O. The molecule has 2 spiro atoms. The Kier molecular flexibility index (Phi) is 5.88. The third kappa shape index (κ3) is 3.00. The summed E-state index contributed by atoms with van der Waals surface area (Å²) in [5, 5.41) is 25.0. The van der Waals surface area contributed by atoms with Gasteiger partial charge in [-0.3, -0.25) is 4.79 Å². The normalized spacial score (nSPS) is 44.6. The summed E-state index contributed by atoms with van der Waals surface area (Å²) in [4.78, 5) is 55.3. The van der Waals surface area contributed by atoms with Crippen LogP contribution in [0, 0.1) is 28.1 Å². The van der Waals surface area contributed by atoms with E-state index in [9.17, 15) is 29.4 Å². The van der Waals surface area contributed by atoms with Crippen LogP contribution in [0.25, 0.3) is 0 Å². The Bertz CT molecular complexity index is 1650. The van der Waals surface area contributed by atoms with Crippen LogP contribution in [-0.4, -0.2) is 82.1 Å². The van der Waals surface area contributed by atoms with Crippen LogP contribution in [0.5, 0.6) is 0 Å². The lowest BCUT2D eigenvalue weighted by atomic mass is 9.50. The first kappa shape index (κ1) is 29.6. The maximum absolute atomic E-state index is 14.3. The molecule has 6 fully saturated rings. The number of aliphatic hydroxyl groups is 2. The van der Waals surface area contributed by atoms with Gasteiger partial charge >= 0.3 is 23.9 Å². The zero-order valence-corrected chi connectivity index (χ0v) is 25.6. The molecule has 4 aliphatic heterocycles. The van der Waals surface area contributed by atoms with E-state index in [1.807, 2.05) is 51.1 Å². The summed E-state index contributed by atoms with van der Waals surface area (Å²) in [7, 11) is 0. The summed E-state index contributed by atoms with van der Waals surface area (Å²) in [5.41, 5.74) is -8.64. The van der Waals surface area contributed by atoms with Crippen LogP contribution in [0.4, 0.5) is 0 Å². The fourth-order valence-corrected chi connectivity index (χ4v) is 10.1. The zero-order chi connectivity index (χ0) is 32.6. The van der Waals surface area contributed by atoms with Gasteiger partial charge in [-0.15, -0.1) is 0 Å². The molecule has 2 aliphatic carbocycles. The highest BCUT2D eigenvalue weighted by molar-refractivity contribution is 5.95. The predicted molar refractivity (Wildman–Crippen MR) is 152 cm³/mol. The first-order chi connectivity index (χ1) is 21.8. The van der Waals surface area contributed by atoms with Gasteiger partial charge in [0, 0.05) is 5.92 Å². The molecule has 12 heteroatoms. The van der Waals surface area contributed by atoms with Crippen molar-refractivity contribution in [3.05, 3.63) is 71.8 Å². The van der Waals surface area contributed by atoms with Crippen molar-refractivity contribution in [3.8, 4) is 0 Å². The van der Waals surface area contributed by atoms with E-state index in [1.54, 1.807) is 18.2 Å². The second-order valence-corrected chi connectivity index (χ2v) is 14.3. The minimum absolute atomic E-state index is 0.0574. The first-order valence-corrected chi connectivity index (χ1v) is 15.4. The number of carbonyl (C=O) groups is 4. The van der Waals surface area contributed by atoms with Crippen LogP contribution in [0.15, 0.2) is 60.7 Å². The highest BCUT2D eigenvalue weighted by Gasteiger charge is 3.06. The number of carbonyl (C=O) groups excluding carboxylic acids is 4. The average Bonchev–Trinajstić information content (AvgIpc) is 3.72. The van der Waals surface area contributed by atoms with Gasteiger partial charge in [0.15, 0.2) is 23.9 Å². The van der Waals surface area contributed by atoms with E-state index < -0.39 is 100.0 Å². The third-order valence-electron chi connectivity index (χ3n) is 11.4. The summed E-state index contributed by atoms with van der Waals surface area (Å²) >= 11 is 0. The van der Waals surface area contributed by atoms with Gasteiger partial charge < -0.3 is 38.6 Å². The average molecular weight is 635 g/mol. The Morgan fingerprint density at radius 3 is 2.22 bits per heavy atom.